The van der Waals surface area contributed by atoms with Gasteiger partial charge in [-0.15, -0.1) is 0 Å². The van der Waals surface area contributed by atoms with E-state index in [-0.39, 0.29) is 11.9 Å². The molecule has 3 nitrogen and oxygen atoms in total. The van der Waals surface area contributed by atoms with Crippen LogP contribution in [0.2, 0.25) is 0 Å². The summed E-state index contributed by atoms with van der Waals surface area (Å²) in [5, 5.41) is 3.55. The number of fused-ring (bicyclic) bond motifs is 1. The van der Waals surface area contributed by atoms with Gasteiger partial charge in [-0.2, -0.15) is 0 Å². The molecule has 2 atom stereocenters. The van der Waals surface area contributed by atoms with Gasteiger partial charge in [0.2, 0.25) is 5.91 Å². The Kier molecular flexibility index (Phi) is 4.93. The van der Waals surface area contributed by atoms with Gasteiger partial charge in [0.15, 0.2) is 0 Å². The SMILES string of the molecule is C[C@@H]1C[C@@H](N(C(=O)Cc2ccccc2)c2ccccc2)c2ccccc2N1. The van der Waals surface area contributed by atoms with Crippen molar-refractivity contribution in [2.75, 3.05) is 10.2 Å². The van der Waals surface area contributed by atoms with Crippen LogP contribution in [0.15, 0.2) is 84.9 Å². The summed E-state index contributed by atoms with van der Waals surface area (Å²) in [7, 11) is 0. The number of carbonyl (C=O) groups excluding carboxylic acids is 1. The Balaban J connectivity index is 1.74. The minimum absolute atomic E-state index is 0.0241. The molecular weight excluding hydrogens is 332 g/mol. The van der Waals surface area contributed by atoms with Crippen molar-refractivity contribution in [2.45, 2.75) is 31.8 Å². The van der Waals surface area contributed by atoms with Crippen molar-refractivity contribution in [3.63, 3.8) is 0 Å². The molecule has 0 aromatic heterocycles. The number of anilines is 2. The fourth-order valence-electron chi connectivity index (χ4n) is 3.89. The van der Waals surface area contributed by atoms with Crippen LogP contribution in [0.3, 0.4) is 0 Å². The van der Waals surface area contributed by atoms with E-state index in [1.165, 1.54) is 5.56 Å². The lowest BCUT2D eigenvalue weighted by atomic mass is 9.91. The maximum Gasteiger partial charge on any atom is 0.231 e. The van der Waals surface area contributed by atoms with Crippen LogP contribution >= 0.6 is 0 Å². The Morgan fingerprint density at radius 1 is 0.926 bits per heavy atom. The summed E-state index contributed by atoms with van der Waals surface area (Å²) in [4.78, 5) is 15.4. The number of nitrogens with one attached hydrogen (secondary N) is 1. The van der Waals surface area contributed by atoms with E-state index >= 15 is 0 Å². The zero-order valence-electron chi connectivity index (χ0n) is 15.5. The van der Waals surface area contributed by atoms with Crippen LogP contribution in [0, 0.1) is 0 Å². The second kappa shape index (κ2) is 7.67. The first-order chi connectivity index (χ1) is 13.2. The van der Waals surface area contributed by atoms with E-state index < -0.39 is 0 Å². The fourth-order valence-corrected chi connectivity index (χ4v) is 3.89. The minimum Gasteiger partial charge on any atom is -0.382 e. The quantitative estimate of drug-likeness (QED) is 0.696. The lowest BCUT2D eigenvalue weighted by Gasteiger charge is -2.39. The van der Waals surface area contributed by atoms with Gasteiger partial charge in [-0.05, 0) is 42.7 Å². The maximum atomic E-state index is 13.4. The lowest BCUT2D eigenvalue weighted by molar-refractivity contribution is -0.118. The number of amides is 1. The highest BCUT2D eigenvalue weighted by atomic mass is 16.2. The third-order valence-electron chi connectivity index (χ3n) is 5.11. The van der Waals surface area contributed by atoms with Crippen LogP contribution in [0.1, 0.15) is 30.5 Å². The van der Waals surface area contributed by atoms with Gasteiger partial charge in [0.1, 0.15) is 0 Å². The molecule has 0 fully saturated rings. The van der Waals surface area contributed by atoms with Crippen molar-refractivity contribution in [1.82, 2.24) is 0 Å². The molecule has 1 heterocycles. The van der Waals surface area contributed by atoms with Gasteiger partial charge in [0.25, 0.3) is 0 Å². The molecule has 1 aliphatic rings. The van der Waals surface area contributed by atoms with E-state index in [1.54, 1.807) is 0 Å². The summed E-state index contributed by atoms with van der Waals surface area (Å²) >= 11 is 0. The zero-order valence-corrected chi connectivity index (χ0v) is 15.5. The van der Waals surface area contributed by atoms with Crippen LogP contribution in [-0.4, -0.2) is 11.9 Å². The average molecular weight is 356 g/mol. The van der Waals surface area contributed by atoms with Crippen LogP contribution < -0.4 is 10.2 Å². The molecule has 0 bridgehead atoms. The summed E-state index contributed by atoms with van der Waals surface area (Å²) in [6.07, 6.45) is 1.28. The van der Waals surface area contributed by atoms with Gasteiger partial charge in [-0.1, -0.05) is 66.7 Å². The molecule has 0 saturated heterocycles. The first kappa shape index (κ1) is 17.3. The molecule has 0 spiro atoms. The zero-order chi connectivity index (χ0) is 18.6. The number of nitrogens with zero attached hydrogens (tertiary/aromatic N) is 1. The number of hydrogen-bond donors (Lipinski definition) is 1. The van der Waals surface area contributed by atoms with Crippen molar-refractivity contribution < 1.29 is 4.79 Å². The number of carbonyl (C=O) groups is 1. The van der Waals surface area contributed by atoms with Crippen LogP contribution in [0.25, 0.3) is 0 Å². The van der Waals surface area contributed by atoms with Crippen molar-refractivity contribution in [1.29, 1.82) is 0 Å². The normalized spacial score (nSPS) is 18.3. The fraction of sp³-hybridized carbons (Fsp3) is 0.208. The summed E-state index contributed by atoms with van der Waals surface area (Å²) in [6, 6.07) is 28.7. The van der Waals surface area contributed by atoms with Gasteiger partial charge in [-0.3, -0.25) is 4.79 Å². The van der Waals surface area contributed by atoms with E-state index in [9.17, 15) is 4.79 Å². The van der Waals surface area contributed by atoms with Crippen molar-refractivity contribution >= 4 is 17.3 Å². The second-order valence-electron chi connectivity index (χ2n) is 7.15. The highest BCUT2D eigenvalue weighted by molar-refractivity contribution is 5.96. The Hall–Kier alpha value is -3.07. The van der Waals surface area contributed by atoms with E-state index in [2.05, 4.69) is 24.4 Å². The molecule has 1 aliphatic heterocycles. The second-order valence-corrected chi connectivity index (χ2v) is 7.15. The summed E-state index contributed by atoms with van der Waals surface area (Å²) in [5.74, 6) is 0.126. The highest BCUT2D eigenvalue weighted by Crippen LogP contribution is 2.39. The van der Waals surface area contributed by atoms with Gasteiger partial charge < -0.3 is 10.2 Å². The Bertz CT molecular complexity index is 908. The third-order valence-corrected chi connectivity index (χ3v) is 5.11. The average Bonchev–Trinajstić information content (AvgIpc) is 2.69. The van der Waals surface area contributed by atoms with Crippen LogP contribution in [0.5, 0.6) is 0 Å². The van der Waals surface area contributed by atoms with Crippen molar-refractivity contribution in [3.8, 4) is 0 Å². The number of hydrogen-bond acceptors (Lipinski definition) is 2. The molecule has 0 radical (unpaired) electrons. The maximum absolute atomic E-state index is 13.4. The van der Waals surface area contributed by atoms with E-state index in [4.69, 9.17) is 0 Å². The molecule has 1 N–H and O–H groups in total. The number of para-hydroxylation sites is 2. The first-order valence-electron chi connectivity index (χ1n) is 9.49. The Labute approximate surface area is 160 Å². The summed E-state index contributed by atoms with van der Waals surface area (Å²) < 4.78 is 0. The smallest absolute Gasteiger partial charge is 0.231 e. The molecule has 3 aromatic carbocycles. The highest BCUT2D eigenvalue weighted by Gasteiger charge is 2.32. The molecule has 136 valence electrons. The summed E-state index contributed by atoms with van der Waals surface area (Å²) in [6.45, 7) is 2.17. The molecule has 4 rings (SSSR count). The predicted molar refractivity (Wildman–Crippen MR) is 111 cm³/mol. The molecule has 0 unspecified atom stereocenters. The molecule has 1 amide bonds. The van der Waals surface area contributed by atoms with Gasteiger partial charge in [0, 0.05) is 17.4 Å². The Morgan fingerprint density at radius 3 is 2.30 bits per heavy atom. The van der Waals surface area contributed by atoms with E-state index in [0.717, 1.165) is 23.4 Å². The topological polar surface area (TPSA) is 32.3 Å². The van der Waals surface area contributed by atoms with E-state index in [0.29, 0.717) is 12.5 Å². The minimum atomic E-state index is 0.0241. The third kappa shape index (κ3) is 3.72. The van der Waals surface area contributed by atoms with E-state index in [1.807, 2.05) is 77.7 Å². The largest absolute Gasteiger partial charge is 0.382 e. The number of rotatable bonds is 4. The molecular formula is C24H24N2O. The van der Waals surface area contributed by atoms with Crippen molar-refractivity contribution in [3.05, 3.63) is 96.1 Å². The molecule has 0 saturated carbocycles. The molecule has 0 aliphatic carbocycles. The van der Waals surface area contributed by atoms with Gasteiger partial charge in [0.05, 0.1) is 12.5 Å². The molecule has 3 heteroatoms. The van der Waals surface area contributed by atoms with Gasteiger partial charge in [-0.25, -0.2) is 0 Å². The van der Waals surface area contributed by atoms with Gasteiger partial charge >= 0.3 is 0 Å². The predicted octanol–water partition coefficient (Wildman–Crippen LogP) is 5.21. The molecule has 27 heavy (non-hydrogen) atoms. The first-order valence-corrected chi connectivity index (χ1v) is 9.49. The number of benzene rings is 3. The standard InChI is InChI=1S/C24H24N2O/c1-18-16-23(21-14-8-9-15-22(21)25-18)26(20-12-6-3-7-13-20)24(27)17-19-10-4-2-5-11-19/h2-15,18,23,25H,16-17H2,1H3/t18-,23-/m1/s1. The summed E-state index contributed by atoms with van der Waals surface area (Å²) in [5.41, 5.74) is 4.29. The Morgan fingerprint density at radius 2 is 1.56 bits per heavy atom. The molecule has 3 aromatic rings. The van der Waals surface area contributed by atoms with Crippen LogP contribution in [-0.2, 0) is 11.2 Å². The lowest BCUT2D eigenvalue weighted by Crippen LogP contribution is -2.41. The van der Waals surface area contributed by atoms with Crippen molar-refractivity contribution in [2.24, 2.45) is 0 Å². The van der Waals surface area contributed by atoms with Crippen LogP contribution in [0.4, 0.5) is 11.4 Å². The monoisotopic (exact) mass is 356 g/mol.